The third-order valence-corrected chi connectivity index (χ3v) is 7.47. The number of aliphatic hydroxyl groups excluding tert-OH is 1. The fourth-order valence-electron chi connectivity index (χ4n) is 4.17. The molecule has 4 N–H and O–H groups in total. The highest BCUT2D eigenvalue weighted by Crippen LogP contribution is 2.39. The highest BCUT2D eigenvalue weighted by Gasteiger charge is 2.32. The lowest BCUT2D eigenvalue weighted by molar-refractivity contribution is -0.245. The molecule has 11 heteroatoms. The quantitative estimate of drug-likeness (QED) is 0.236. The van der Waals surface area contributed by atoms with E-state index in [9.17, 15) is 24.6 Å². The summed E-state index contributed by atoms with van der Waals surface area (Å²) in [6.07, 6.45) is 0.535. The Hall–Kier alpha value is -3.77. The number of rotatable bonds is 12. The molecule has 1 saturated heterocycles. The molecule has 3 aromatic rings. The van der Waals surface area contributed by atoms with Crippen LogP contribution in [0, 0.1) is 0 Å². The van der Waals surface area contributed by atoms with E-state index in [0.717, 1.165) is 22.3 Å². The molecule has 0 saturated carbocycles. The summed E-state index contributed by atoms with van der Waals surface area (Å²) in [6.45, 7) is 0.208. The van der Waals surface area contributed by atoms with Crippen molar-refractivity contribution in [1.82, 2.24) is 10.3 Å². The van der Waals surface area contributed by atoms with Crippen LogP contribution in [0.5, 0.6) is 0 Å². The number of carboxylic acids is 2. The summed E-state index contributed by atoms with van der Waals surface area (Å²) in [4.78, 5) is 38.3. The maximum atomic E-state index is 11.8. The molecule has 1 aromatic heterocycles. The summed E-state index contributed by atoms with van der Waals surface area (Å²) in [5, 5.41) is 30.7. The molecule has 1 aliphatic rings. The van der Waals surface area contributed by atoms with Crippen LogP contribution < -0.4 is 5.32 Å². The van der Waals surface area contributed by atoms with E-state index in [1.54, 1.807) is 12.3 Å². The van der Waals surface area contributed by atoms with Crippen LogP contribution in [-0.2, 0) is 32.2 Å². The van der Waals surface area contributed by atoms with E-state index in [0.29, 0.717) is 17.2 Å². The van der Waals surface area contributed by atoms with Gasteiger partial charge in [0.1, 0.15) is 5.03 Å². The number of pyridine rings is 1. The van der Waals surface area contributed by atoms with Crippen molar-refractivity contribution in [3.05, 3.63) is 94.7 Å². The number of thioether (sulfide) groups is 1. The second-order valence-electron chi connectivity index (χ2n) is 9.23. The Balaban J connectivity index is 1.46. The molecule has 0 bridgehead atoms. The van der Waals surface area contributed by atoms with Gasteiger partial charge in [0, 0.05) is 36.9 Å². The van der Waals surface area contributed by atoms with Crippen molar-refractivity contribution in [2.24, 2.45) is 0 Å². The van der Waals surface area contributed by atoms with Crippen molar-refractivity contribution in [2.75, 3.05) is 5.75 Å². The van der Waals surface area contributed by atoms with Gasteiger partial charge < -0.3 is 30.1 Å². The Bertz CT molecular complexity index is 1320. The molecule has 1 amide bonds. The number of hydrogen-bond donors (Lipinski definition) is 4. The number of aliphatic carboxylic acids is 1. The van der Waals surface area contributed by atoms with Gasteiger partial charge in [-0.3, -0.25) is 9.59 Å². The van der Waals surface area contributed by atoms with Crippen LogP contribution in [0.4, 0.5) is 0 Å². The lowest BCUT2D eigenvalue weighted by Gasteiger charge is -2.36. The molecular weight excluding hydrogens is 536 g/mol. The minimum atomic E-state index is -1.04. The number of aliphatic hydroxyl groups is 1. The van der Waals surface area contributed by atoms with Crippen LogP contribution in [-0.4, -0.2) is 50.0 Å². The van der Waals surface area contributed by atoms with Crippen LogP contribution in [0.2, 0.25) is 0 Å². The van der Waals surface area contributed by atoms with Gasteiger partial charge in [0.2, 0.25) is 5.91 Å². The van der Waals surface area contributed by atoms with Crippen LogP contribution in [0.15, 0.2) is 71.9 Å². The highest BCUT2D eigenvalue weighted by atomic mass is 32.2. The third-order valence-electron chi connectivity index (χ3n) is 6.33. The molecule has 0 unspecified atom stereocenters. The number of nitrogens with zero attached hydrogens (tertiary/aromatic N) is 1. The van der Waals surface area contributed by atoms with Gasteiger partial charge in [-0.05, 0) is 28.8 Å². The average molecular weight is 567 g/mol. The maximum Gasteiger partial charge on any atom is 0.338 e. The maximum absolute atomic E-state index is 11.8. The fraction of sp³-hybridized carbons (Fsp3) is 0.310. The number of aromatic carboxylic acids is 1. The molecule has 40 heavy (non-hydrogen) atoms. The molecule has 10 nitrogen and oxygen atoms in total. The van der Waals surface area contributed by atoms with E-state index in [-0.39, 0.29) is 49.7 Å². The fourth-order valence-corrected chi connectivity index (χ4v) is 5.17. The summed E-state index contributed by atoms with van der Waals surface area (Å²) < 4.78 is 12.6. The van der Waals surface area contributed by atoms with Gasteiger partial charge in [0.05, 0.1) is 30.8 Å². The minimum Gasteiger partial charge on any atom is -0.481 e. The normalized spacial score (nSPS) is 18.7. The zero-order chi connectivity index (χ0) is 28.5. The molecule has 2 aromatic carbocycles. The van der Waals surface area contributed by atoms with Gasteiger partial charge in [-0.2, -0.15) is 0 Å². The molecular formula is C29H30N2O8S. The number of carbonyl (C=O) groups excluding carboxylic acids is 1. The monoisotopic (exact) mass is 566 g/mol. The third kappa shape index (κ3) is 8.12. The van der Waals surface area contributed by atoms with Crippen molar-refractivity contribution in [3.8, 4) is 0 Å². The Morgan fingerprint density at radius 1 is 0.925 bits per heavy atom. The Kier molecular flexibility index (Phi) is 10.3. The topological polar surface area (TPSA) is 155 Å². The van der Waals surface area contributed by atoms with Crippen LogP contribution in [0.25, 0.3) is 0 Å². The van der Waals surface area contributed by atoms with Gasteiger partial charge in [0.25, 0.3) is 0 Å². The highest BCUT2D eigenvalue weighted by molar-refractivity contribution is 7.99. The van der Waals surface area contributed by atoms with Crippen molar-refractivity contribution < 1.29 is 39.2 Å². The van der Waals surface area contributed by atoms with Crippen molar-refractivity contribution >= 4 is 29.6 Å². The van der Waals surface area contributed by atoms with Crippen molar-refractivity contribution in [3.63, 3.8) is 0 Å². The molecule has 210 valence electrons. The summed E-state index contributed by atoms with van der Waals surface area (Å²) in [6, 6.07) is 18.0. The predicted octanol–water partition coefficient (Wildman–Crippen LogP) is 4.09. The van der Waals surface area contributed by atoms with E-state index in [1.165, 1.54) is 17.8 Å². The second kappa shape index (κ2) is 14.0. The van der Waals surface area contributed by atoms with Gasteiger partial charge >= 0.3 is 11.9 Å². The lowest BCUT2D eigenvalue weighted by Crippen LogP contribution is -2.31. The summed E-state index contributed by atoms with van der Waals surface area (Å²) in [5.74, 6) is -1.93. The minimum absolute atomic E-state index is 0.0564. The van der Waals surface area contributed by atoms with E-state index < -0.39 is 18.2 Å². The largest absolute Gasteiger partial charge is 0.481 e. The van der Waals surface area contributed by atoms with Crippen molar-refractivity contribution in [2.45, 2.75) is 55.9 Å². The number of carboxylic acid groups (broad SMARTS) is 2. The van der Waals surface area contributed by atoms with Gasteiger partial charge in [-0.25, -0.2) is 9.78 Å². The smallest absolute Gasteiger partial charge is 0.338 e. The first-order valence-corrected chi connectivity index (χ1v) is 13.7. The summed E-state index contributed by atoms with van der Waals surface area (Å²) in [7, 11) is 0. The molecule has 0 radical (unpaired) electrons. The second-order valence-corrected chi connectivity index (χ2v) is 10.2. The number of benzene rings is 2. The molecule has 3 atom stereocenters. The Labute approximate surface area is 235 Å². The molecule has 0 aliphatic carbocycles. The number of ether oxygens (including phenoxy) is 2. The molecule has 0 spiro atoms. The number of carbonyl (C=O) groups is 3. The first-order valence-electron chi connectivity index (χ1n) is 12.7. The van der Waals surface area contributed by atoms with Crippen LogP contribution in [0.3, 0.4) is 0 Å². The van der Waals surface area contributed by atoms with Crippen molar-refractivity contribution in [1.29, 1.82) is 0 Å². The van der Waals surface area contributed by atoms with E-state index in [4.69, 9.17) is 14.6 Å². The zero-order valence-corrected chi connectivity index (χ0v) is 22.4. The van der Waals surface area contributed by atoms with Gasteiger partial charge in [-0.1, -0.05) is 48.5 Å². The lowest BCUT2D eigenvalue weighted by atomic mass is 10.0. The first-order chi connectivity index (χ1) is 19.3. The first kappa shape index (κ1) is 29.2. The molecule has 1 fully saturated rings. The number of amides is 1. The Morgan fingerprint density at radius 2 is 1.62 bits per heavy atom. The summed E-state index contributed by atoms with van der Waals surface area (Å²) >= 11 is 1.32. The molecule has 1 aliphatic heterocycles. The number of aromatic nitrogens is 1. The predicted molar refractivity (Wildman–Crippen MR) is 146 cm³/mol. The molecule has 2 heterocycles. The zero-order valence-electron chi connectivity index (χ0n) is 21.6. The van der Waals surface area contributed by atoms with E-state index in [1.807, 2.05) is 48.5 Å². The average Bonchev–Trinajstić information content (AvgIpc) is 2.98. The number of hydrogen-bond acceptors (Lipinski definition) is 8. The molecule has 4 rings (SSSR count). The Morgan fingerprint density at radius 3 is 2.30 bits per heavy atom. The van der Waals surface area contributed by atoms with Gasteiger partial charge in [-0.15, -0.1) is 11.8 Å². The van der Waals surface area contributed by atoms with Crippen LogP contribution in [0.1, 0.15) is 64.3 Å². The number of nitrogens with one attached hydrogen (secondary N) is 1. The van der Waals surface area contributed by atoms with Gasteiger partial charge in [0.15, 0.2) is 6.29 Å². The SMILES string of the molecule is O=C(O)CCC(=O)NCc1ccc([C@H]2O[C@@H](CSc3ncccc3C(=O)O)C[C@@H](c3ccc(CO)cc3)O2)cc1. The summed E-state index contributed by atoms with van der Waals surface area (Å²) in [5.41, 5.74) is 3.48. The standard InChI is InChI=1S/C29H30N2O8S/c32-16-19-5-7-20(8-6-19)24-14-22(17-40-27-23(28(36)37)2-1-13-30-27)38-29(39-24)21-9-3-18(4-10-21)15-31-25(33)11-12-26(34)35/h1-10,13,22,24,29,32H,11-12,14-17H2,(H,31,33)(H,34,35)(H,36,37)/t22-,24+,29+/m1/s1. The van der Waals surface area contributed by atoms with Crippen LogP contribution >= 0.6 is 11.8 Å². The van der Waals surface area contributed by atoms with E-state index >= 15 is 0 Å². The van der Waals surface area contributed by atoms with E-state index in [2.05, 4.69) is 10.3 Å².